The lowest BCUT2D eigenvalue weighted by Gasteiger charge is -2.30. The van der Waals surface area contributed by atoms with E-state index in [2.05, 4.69) is 0 Å². The molecule has 20 heavy (non-hydrogen) atoms. The van der Waals surface area contributed by atoms with Crippen molar-refractivity contribution in [3.8, 4) is 0 Å². The van der Waals surface area contributed by atoms with Gasteiger partial charge in [-0.15, -0.1) is 0 Å². The third-order valence-electron chi connectivity index (χ3n) is 3.65. The van der Waals surface area contributed by atoms with Crippen LogP contribution < -0.4 is 5.73 Å². The average molecular weight is 299 g/mol. The fourth-order valence-electron chi connectivity index (χ4n) is 2.45. The van der Waals surface area contributed by atoms with Crippen LogP contribution in [0.2, 0.25) is 0 Å². The smallest absolute Gasteiger partial charge is 0.243 e. The van der Waals surface area contributed by atoms with Gasteiger partial charge in [0.25, 0.3) is 0 Å². The van der Waals surface area contributed by atoms with Gasteiger partial charge in [-0.3, -0.25) is 5.41 Å². The maximum absolute atomic E-state index is 13.1. The Hall–Kier alpha value is -1.47. The molecule has 1 aliphatic rings. The molecule has 0 aliphatic carbocycles. The molecule has 0 unspecified atom stereocenters. The molecule has 0 amide bonds. The van der Waals surface area contributed by atoms with Crippen molar-refractivity contribution in [3.05, 3.63) is 29.6 Å². The van der Waals surface area contributed by atoms with Crippen LogP contribution in [0.1, 0.15) is 18.4 Å². The van der Waals surface area contributed by atoms with Crippen LogP contribution in [0.5, 0.6) is 0 Å². The number of nitrogens with one attached hydrogen (secondary N) is 1. The second-order valence-electron chi connectivity index (χ2n) is 5.04. The van der Waals surface area contributed by atoms with Crippen LogP contribution in [0.4, 0.5) is 4.39 Å². The number of nitrogens with zero attached hydrogens (tertiary/aromatic N) is 1. The van der Waals surface area contributed by atoms with Crippen molar-refractivity contribution >= 4 is 15.9 Å². The molecule has 1 fully saturated rings. The number of rotatable bonds is 3. The highest BCUT2D eigenvalue weighted by atomic mass is 32.2. The Morgan fingerprint density at radius 3 is 2.50 bits per heavy atom. The predicted octanol–water partition coefficient (Wildman–Crippen LogP) is 1.47. The number of halogens is 1. The Morgan fingerprint density at radius 2 is 2.00 bits per heavy atom. The minimum absolute atomic E-state index is 0.0456. The van der Waals surface area contributed by atoms with E-state index >= 15 is 0 Å². The number of hydrogen-bond donors (Lipinski definition) is 2. The summed E-state index contributed by atoms with van der Waals surface area (Å²) in [6, 6.07) is 3.68. The molecular formula is C13H18FN3O2S. The quantitative estimate of drug-likeness (QED) is 0.654. The molecule has 1 heterocycles. The van der Waals surface area contributed by atoms with Gasteiger partial charge in [-0.1, -0.05) is 0 Å². The molecule has 0 aromatic heterocycles. The lowest BCUT2D eigenvalue weighted by molar-refractivity contribution is 0.314. The van der Waals surface area contributed by atoms with Crippen molar-refractivity contribution in [3.63, 3.8) is 0 Å². The minimum atomic E-state index is -3.60. The van der Waals surface area contributed by atoms with Gasteiger partial charge < -0.3 is 5.73 Å². The zero-order valence-electron chi connectivity index (χ0n) is 11.3. The maximum Gasteiger partial charge on any atom is 0.243 e. The van der Waals surface area contributed by atoms with Gasteiger partial charge in [-0.25, -0.2) is 12.8 Å². The van der Waals surface area contributed by atoms with Crippen molar-refractivity contribution in [2.24, 2.45) is 11.7 Å². The normalized spacial score (nSPS) is 18.1. The molecule has 110 valence electrons. The summed E-state index contributed by atoms with van der Waals surface area (Å²) in [6.45, 7) is 2.26. The maximum atomic E-state index is 13.1. The number of piperidine rings is 1. The highest BCUT2D eigenvalue weighted by Gasteiger charge is 2.31. The van der Waals surface area contributed by atoms with Gasteiger partial charge in [0.2, 0.25) is 10.0 Å². The van der Waals surface area contributed by atoms with Gasteiger partial charge in [0, 0.05) is 19.0 Å². The lowest BCUT2D eigenvalue weighted by atomic mass is 9.97. The van der Waals surface area contributed by atoms with Crippen LogP contribution >= 0.6 is 0 Å². The SMILES string of the molecule is Cc1cc(F)ccc1S(=O)(=O)N1CCC(C(=N)N)CC1. The van der Waals surface area contributed by atoms with Crippen molar-refractivity contribution in [1.82, 2.24) is 4.31 Å². The average Bonchev–Trinajstić information content (AvgIpc) is 2.38. The van der Waals surface area contributed by atoms with E-state index < -0.39 is 15.8 Å². The first-order valence-electron chi connectivity index (χ1n) is 6.42. The molecular weight excluding hydrogens is 281 g/mol. The monoisotopic (exact) mass is 299 g/mol. The molecule has 3 N–H and O–H groups in total. The van der Waals surface area contributed by atoms with E-state index in [-0.39, 0.29) is 16.6 Å². The van der Waals surface area contributed by atoms with Gasteiger partial charge in [-0.2, -0.15) is 4.31 Å². The molecule has 0 atom stereocenters. The number of sulfonamides is 1. The fourth-order valence-corrected chi connectivity index (χ4v) is 4.12. The third-order valence-corrected chi connectivity index (χ3v) is 5.71. The summed E-state index contributed by atoms with van der Waals surface area (Å²) in [5.74, 6) is -0.382. The molecule has 0 saturated carbocycles. The van der Waals surface area contributed by atoms with Crippen LogP contribution in [0, 0.1) is 24.1 Å². The predicted molar refractivity (Wildman–Crippen MR) is 74.5 cm³/mol. The summed E-state index contributed by atoms with van der Waals surface area (Å²) in [6.07, 6.45) is 1.10. The molecule has 0 spiro atoms. The summed E-state index contributed by atoms with van der Waals surface area (Å²) in [5.41, 5.74) is 5.85. The van der Waals surface area contributed by atoms with E-state index in [1.54, 1.807) is 6.92 Å². The lowest BCUT2D eigenvalue weighted by Crippen LogP contribution is -2.41. The number of nitrogens with two attached hydrogens (primary N) is 1. The highest BCUT2D eigenvalue weighted by Crippen LogP contribution is 2.25. The molecule has 0 bridgehead atoms. The van der Waals surface area contributed by atoms with Crippen molar-refractivity contribution in [2.75, 3.05) is 13.1 Å². The molecule has 5 nitrogen and oxygen atoms in total. The van der Waals surface area contributed by atoms with E-state index in [1.165, 1.54) is 16.4 Å². The zero-order chi connectivity index (χ0) is 14.9. The van der Waals surface area contributed by atoms with Crippen molar-refractivity contribution < 1.29 is 12.8 Å². The van der Waals surface area contributed by atoms with Crippen molar-refractivity contribution in [1.29, 1.82) is 5.41 Å². The molecule has 1 aliphatic heterocycles. The first kappa shape index (κ1) is 14.9. The van der Waals surface area contributed by atoms with Crippen LogP contribution in [-0.2, 0) is 10.0 Å². The van der Waals surface area contributed by atoms with Gasteiger partial charge in [0.05, 0.1) is 10.7 Å². The van der Waals surface area contributed by atoms with E-state index in [4.69, 9.17) is 11.1 Å². The van der Waals surface area contributed by atoms with Gasteiger partial charge in [-0.05, 0) is 43.5 Å². The Labute approximate surface area is 118 Å². The molecule has 1 aromatic rings. The Morgan fingerprint density at radius 1 is 1.40 bits per heavy atom. The third kappa shape index (κ3) is 2.83. The zero-order valence-corrected chi connectivity index (χ0v) is 12.1. The Kier molecular flexibility index (Phi) is 4.10. The van der Waals surface area contributed by atoms with E-state index in [1.807, 2.05) is 0 Å². The Bertz CT molecular complexity index is 623. The highest BCUT2D eigenvalue weighted by molar-refractivity contribution is 7.89. The Balaban J connectivity index is 2.22. The summed E-state index contributed by atoms with van der Waals surface area (Å²) in [5, 5.41) is 7.40. The standard InChI is InChI=1S/C13H18FN3O2S/c1-9-8-11(14)2-3-12(9)20(18,19)17-6-4-10(5-7-17)13(15)16/h2-3,8,10H,4-7H2,1H3,(H3,15,16). The number of hydrogen-bond acceptors (Lipinski definition) is 3. The topological polar surface area (TPSA) is 87.2 Å². The van der Waals surface area contributed by atoms with Crippen LogP contribution in [0.25, 0.3) is 0 Å². The first-order valence-corrected chi connectivity index (χ1v) is 7.86. The minimum Gasteiger partial charge on any atom is -0.387 e. The molecule has 1 aromatic carbocycles. The number of aryl methyl sites for hydroxylation is 1. The molecule has 1 saturated heterocycles. The van der Waals surface area contributed by atoms with Crippen LogP contribution in [0.3, 0.4) is 0 Å². The largest absolute Gasteiger partial charge is 0.387 e. The summed E-state index contributed by atoms with van der Waals surface area (Å²) in [7, 11) is -3.60. The van der Waals surface area contributed by atoms with E-state index in [0.717, 1.165) is 6.07 Å². The van der Waals surface area contributed by atoms with Crippen LogP contribution in [-0.4, -0.2) is 31.6 Å². The summed E-state index contributed by atoms with van der Waals surface area (Å²) in [4.78, 5) is 0.139. The number of benzene rings is 1. The second-order valence-corrected chi connectivity index (χ2v) is 6.95. The van der Waals surface area contributed by atoms with E-state index in [9.17, 15) is 12.8 Å². The molecule has 7 heteroatoms. The molecule has 2 rings (SSSR count). The number of amidine groups is 1. The van der Waals surface area contributed by atoms with Gasteiger partial charge in [0.15, 0.2) is 0 Å². The summed E-state index contributed by atoms with van der Waals surface area (Å²) < 4.78 is 39.5. The van der Waals surface area contributed by atoms with E-state index in [0.29, 0.717) is 31.5 Å². The second kappa shape index (κ2) is 5.49. The van der Waals surface area contributed by atoms with Gasteiger partial charge >= 0.3 is 0 Å². The fraction of sp³-hybridized carbons (Fsp3) is 0.462. The van der Waals surface area contributed by atoms with Crippen molar-refractivity contribution in [2.45, 2.75) is 24.7 Å². The van der Waals surface area contributed by atoms with Crippen LogP contribution in [0.15, 0.2) is 23.1 Å². The molecule has 0 radical (unpaired) electrons. The first-order chi connectivity index (χ1) is 9.32. The summed E-state index contributed by atoms with van der Waals surface area (Å²) >= 11 is 0. The van der Waals surface area contributed by atoms with Gasteiger partial charge in [0.1, 0.15) is 5.82 Å².